The number of imide groups is 1. The summed E-state index contributed by atoms with van der Waals surface area (Å²) in [6.07, 6.45) is 5.18. The molecule has 0 saturated carbocycles. The minimum atomic E-state index is -0.657. The molecule has 0 fully saturated rings. The highest BCUT2D eigenvalue weighted by Gasteiger charge is 2.25. The van der Waals surface area contributed by atoms with Gasteiger partial charge < -0.3 is 4.90 Å². The van der Waals surface area contributed by atoms with Crippen molar-refractivity contribution in [2.24, 2.45) is 0 Å². The van der Waals surface area contributed by atoms with Gasteiger partial charge in [0.25, 0.3) is 11.6 Å². The summed E-state index contributed by atoms with van der Waals surface area (Å²) in [7, 11) is 3.03. The minimum Gasteiger partial charge on any atom is -0.330 e. The fourth-order valence-electron chi connectivity index (χ4n) is 1.70. The van der Waals surface area contributed by atoms with Crippen molar-refractivity contribution in [1.29, 1.82) is 0 Å². The van der Waals surface area contributed by atoms with Crippen LogP contribution in [-0.4, -0.2) is 47.3 Å². The molecule has 0 radical (unpaired) electrons. The van der Waals surface area contributed by atoms with Crippen molar-refractivity contribution >= 4 is 17.6 Å². The summed E-state index contributed by atoms with van der Waals surface area (Å²) in [6.45, 7) is 1.80. The van der Waals surface area contributed by atoms with Gasteiger partial charge in [0.2, 0.25) is 0 Å². The van der Waals surface area contributed by atoms with Crippen molar-refractivity contribution in [3.05, 3.63) is 39.4 Å². The molecule has 0 spiro atoms. The molecule has 0 aromatic heterocycles. The van der Waals surface area contributed by atoms with E-state index >= 15 is 0 Å². The van der Waals surface area contributed by atoms with Crippen molar-refractivity contribution in [3.8, 4) is 12.3 Å². The number of hydrogen-bond acceptors (Lipinski definition) is 4. The van der Waals surface area contributed by atoms with Gasteiger partial charge in [-0.2, -0.15) is 0 Å². The second kappa shape index (κ2) is 6.52. The van der Waals surface area contributed by atoms with Crippen LogP contribution in [-0.2, 0) is 0 Å². The smallest absolute Gasteiger partial charge is 0.326 e. The summed E-state index contributed by atoms with van der Waals surface area (Å²) < 4.78 is 0. The predicted octanol–water partition coefficient (Wildman–Crippen LogP) is 1.72. The van der Waals surface area contributed by atoms with Gasteiger partial charge in [-0.1, -0.05) is 5.92 Å². The molecule has 0 bridgehead atoms. The molecular weight excluding hydrogens is 274 g/mol. The maximum absolute atomic E-state index is 12.3. The summed E-state index contributed by atoms with van der Waals surface area (Å²) in [5.41, 5.74) is -0.215. The topological polar surface area (TPSA) is 83.8 Å². The van der Waals surface area contributed by atoms with Crippen molar-refractivity contribution in [1.82, 2.24) is 9.80 Å². The van der Waals surface area contributed by atoms with Crippen LogP contribution in [0.1, 0.15) is 22.8 Å². The fraction of sp³-hybridized carbons (Fsp3) is 0.286. The van der Waals surface area contributed by atoms with Gasteiger partial charge in [-0.15, -0.1) is 6.42 Å². The zero-order valence-electron chi connectivity index (χ0n) is 12.0. The molecule has 7 heteroatoms. The highest BCUT2D eigenvalue weighted by molar-refractivity contribution is 6.04. The molecule has 1 rings (SSSR count). The van der Waals surface area contributed by atoms with Crippen LogP contribution in [0.15, 0.2) is 18.2 Å². The molecule has 1 aromatic rings. The second-order valence-electron chi connectivity index (χ2n) is 4.36. The third-order valence-electron chi connectivity index (χ3n) is 2.77. The third-order valence-corrected chi connectivity index (χ3v) is 2.77. The summed E-state index contributed by atoms with van der Waals surface area (Å²) >= 11 is 0. The molecule has 0 aliphatic heterocycles. The molecule has 21 heavy (non-hydrogen) atoms. The first-order valence-corrected chi connectivity index (χ1v) is 6.11. The van der Waals surface area contributed by atoms with E-state index in [4.69, 9.17) is 6.42 Å². The van der Waals surface area contributed by atoms with Gasteiger partial charge in [-0.3, -0.25) is 19.8 Å². The Morgan fingerprint density at radius 2 is 2.00 bits per heavy atom. The average Bonchev–Trinajstić information content (AvgIpc) is 2.46. The Labute approximate surface area is 122 Å². The van der Waals surface area contributed by atoms with Crippen LogP contribution in [0.25, 0.3) is 0 Å². The summed E-state index contributed by atoms with van der Waals surface area (Å²) in [5.74, 6) is 1.58. The normalized spacial score (nSPS) is 9.62. The van der Waals surface area contributed by atoms with E-state index < -0.39 is 16.9 Å². The number of amides is 3. The van der Waals surface area contributed by atoms with E-state index in [2.05, 4.69) is 5.92 Å². The molecule has 0 atom stereocenters. The lowest BCUT2D eigenvalue weighted by atomic mass is 10.1. The standard InChI is InChI=1S/C14H15N3O4/c1-5-10-7-8-11(9-12(10)17(20)21)13(18)16(6-2)14(19)15(3)4/h1,7-9H,6H2,2-4H3. The molecule has 0 heterocycles. The van der Waals surface area contributed by atoms with Crippen LogP contribution in [0, 0.1) is 22.5 Å². The Balaban J connectivity index is 3.24. The van der Waals surface area contributed by atoms with Crippen molar-refractivity contribution < 1.29 is 14.5 Å². The molecule has 0 unspecified atom stereocenters. The number of nitro groups is 1. The SMILES string of the molecule is C#Cc1ccc(C(=O)N(CC)C(=O)N(C)C)cc1[N+](=O)[O-]. The van der Waals surface area contributed by atoms with Gasteiger partial charge in [-0.05, 0) is 19.1 Å². The Bertz CT molecular complexity index is 632. The number of benzene rings is 1. The molecule has 1 aromatic carbocycles. The molecule has 0 aliphatic carbocycles. The van der Waals surface area contributed by atoms with Gasteiger partial charge in [0.15, 0.2) is 0 Å². The van der Waals surface area contributed by atoms with Gasteiger partial charge in [0, 0.05) is 32.3 Å². The largest absolute Gasteiger partial charge is 0.330 e. The number of terminal acetylenes is 1. The minimum absolute atomic E-state index is 0.0396. The van der Waals surface area contributed by atoms with Gasteiger partial charge >= 0.3 is 6.03 Å². The highest BCUT2D eigenvalue weighted by atomic mass is 16.6. The fourth-order valence-corrected chi connectivity index (χ4v) is 1.70. The van der Waals surface area contributed by atoms with E-state index in [0.29, 0.717) is 0 Å². The first-order valence-electron chi connectivity index (χ1n) is 6.11. The van der Waals surface area contributed by atoms with Crippen LogP contribution in [0.3, 0.4) is 0 Å². The van der Waals surface area contributed by atoms with E-state index in [9.17, 15) is 19.7 Å². The Morgan fingerprint density at radius 1 is 1.38 bits per heavy atom. The first kappa shape index (κ1) is 16.2. The van der Waals surface area contributed by atoms with E-state index in [-0.39, 0.29) is 23.4 Å². The molecular formula is C14H15N3O4. The lowest BCUT2D eigenvalue weighted by molar-refractivity contribution is -0.385. The molecule has 0 aliphatic rings. The number of carbonyl (C=O) groups is 2. The lowest BCUT2D eigenvalue weighted by Crippen LogP contribution is -2.43. The summed E-state index contributed by atoms with van der Waals surface area (Å²) in [5, 5.41) is 10.9. The lowest BCUT2D eigenvalue weighted by Gasteiger charge is -2.23. The van der Waals surface area contributed by atoms with Gasteiger partial charge in [-0.25, -0.2) is 4.79 Å². The highest BCUT2D eigenvalue weighted by Crippen LogP contribution is 2.20. The Kier molecular flexibility index (Phi) is 5.02. The molecule has 7 nitrogen and oxygen atoms in total. The predicted molar refractivity (Wildman–Crippen MR) is 76.8 cm³/mol. The zero-order valence-corrected chi connectivity index (χ0v) is 12.0. The zero-order chi connectivity index (χ0) is 16.2. The summed E-state index contributed by atoms with van der Waals surface area (Å²) in [4.78, 5) is 36.7. The van der Waals surface area contributed by atoms with Crippen molar-refractivity contribution in [2.75, 3.05) is 20.6 Å². The quantitative estimate of drug-likeness (QED) is 0.482. The molecule has 3 amide bonds. The van der Waals surface area contributed by atoms with E-state index in [1.54, 1.807) is 6.92 Å². The van der Waals surface area contributed by atoms with Crippen LogP contribution in [0.5, 0.6) is 0 Å². The Hall–Kier alpha value is -2.88. The number of nitrogens with zero attached hydrogens (tertiary/aromatic N) is 3. The monoisotopic (exact) mass is 289 g/mol. The maximum Gasteiger partial charge on any atom is 0.326 e. The molecule has 0 saturated heterocycles. The number of carbonyl (C=O) groups excluding carboxylic acids is 2. The number of nitro benzene ring substituents is 1. The number of rotatable bonds is 3. The van der Waals surface area contributed by atoms with E-state index in [1.165, 1.54) is 31.1 Å². The van der Waals surface area contributed by atoms with Gasteiger partial charge in [0.05, 0.1) is 4.92 Å². The van der Waals surface area contributed by atoms with E-state index in [0.717, 1.165) is 11.0 Å². The van der Waals surface area contributed by atoms with Crippen LogP contribution < -0.4 is 0 Å². The molecule has 110 valence electrons. The molecule has 0 N–H and O–H groups in total. The third kappa shape index (κ3) is 3.36. The summed E-state index contributed by atoms with van der Waals surface area (Å²) in [6, 6.07) is 3.28. The van der Waals surface area contributed by atoms with Crippen molar-refractivity contribution in [2.45, 2.75) is 6.92 Å². The van der Waals surface area contributed by atoms with Crippen LogP contribution in [0.2, 0.25) is 0 Å². The van der Waals surface area contributed by atoms with Gasteiger partial charge in [0.1, 0.15) is 5.56 Å². The van der Waals surface area contributed by atoms with E-state index in [1.807, 2.05) is 0 Å². The maximum atomic E-state index is 12.3. The van der Waals surface area contributed by atoms with Crippen LogP contribution >= 0.6 is 0 Å². The Morgan fingerprint density at radius 3 is 2.43 bits per heavy atom. The average molecular weight is 289 g/mol. The number of hydrogen-bond donors (Lipinski definition) is 0. The number of urea groups is 1. The first-order chi connectivity index (χ1) is 9.83. The van der Waals surface area contributed by atoms with Crippen molar-refractivity contribution in [3.63, 3.8) is 0 Å². The second-order valence-corrected chi connectivity index (χ2v) is 4.36. The van der Waals surface area contributed by atoms with Crippen LogP contribution in [0.4, 0.5) is 10.5 Å².